The average molecular weight is 339 g/mol. The molecule has 1 aliphatic rings. The Morgan fingerprint density at radius 3 is 2.91 bits per heavy atom. The molecule has 2 heterocycles. The van der Waals surface area contributed by atoms with Gasteiger partial charge in [-0.15, -0.1) is 0 Å². The van der Waals surface area contributed by atoms with Crippen molar-refractivity contribution in [2.45, 2.75) is 19.8 Å². The predicted octanol–water partition coefficient (Wildman–Crippen LogP) is 4.79. The zero-order valence-electron chi connectivity index (χ0n) is 12.7. The van der Waals surface area contributed by atoms with Gasteiger partial charge in [0, 0.05) is 25.1 Å². The van der Waals surface area contributed by atoms with Gasteiger partial charge in [-0.2, -0.15) is 0 Å². The van der Waals surface area contributed by atoms with Crippen molar-refractivity contribution in [3.63, 3.8) is 0 Å². The topological polar surface area (TPSA) is 25.4 Å². The predicted molar refractivity (Wildman–Crippen MR) is 93.2 cm³/mol. The number of nitrogens with zero attached hydrogens (tertiary/aromatic N) is 2. The van der Waals surface area contributed by atoms with E-state index < -0.39 is 0 Å². The lowest BCUT2D eigenvalue weighted by atomic mass is 9.99. The number of piperidine rings is 1. The van der Waals surface area contributed by atoms with Gasteiger partial charge < -0.3 is 9.64 Å². The number of aromatic nitrogens is 1. The van der Waals surface area contributed by atoms with E-state index in [1.807, 2.05) is 19.1 Å². The molecule has 1 saturated heterocycles. The first-order valence-corrected chi connectivity index (χ1v) is 8.52. The van der Waals surface area contributed by atoms with Crippen molar-refractivity contribution in [3.8, 4) is 0 Å². The van der Waals surface area contributed by atoms with Crippen LogP contribution in [-0.4, -0.2) is 31.3 Å². The van der Waals surface area contributed by atoms with Crippen LogP contribution in [0.2, 0.25) is 10.0 Å². The van der Waals surface area contributed by atoms with Gasteiger partial charge in [0.05, 0.1) is 22.2 Å². The molecule has 2 aromatic rings. The van der Waals surface area contributed by atoms with E-state index in [9.17, 15) is 0 Å². The van der Waals surface area contributed by atoms with Crippen molar-refractivity contribution in [1.29, 1.82) is 0 Å². The lowest BCUT2D eigenvalue weighted by molar-refractivity contribution is 0.104. The van der Waals surface area contributed by atoms with E-state index in [0.29, 0.717) is 16.0 Å². The Labute approximate surface area is 141 Å². The van der Waals surface area contributed by atoms with Gasteiger partial charge in [-0.25, -0.2) is 4.98 Å². The highest BCUT2D eigenvalue weighted by atomic mass is 35.5. The zero-order valence-corrected chi connectivity index (χ0v) is 14.2. The van der Waals surface area contributed by atoms with E-state index in [2.05, 4.69) is 17.0 Å². The molecule has 0 amide bonds. The molecule has 1 fully saturated rings. The van der Waals surface area contributed by atoms with Crippen molar-refractivity contribution in [2.24, 2.45) is 5.92 Å². The van der Waals surface area contributed by atoms with Crippen molar-refractivity contribution in [2.75, 3.05) is 31.2 Å². The molecular weight excluding hydrogens is 319 g/mol. The molecule has 0 saturated carbocycles. The van der Waals surface area contributed by atoms with E-state index in [4.69, 9.17) is 32.9 Å². The molecule has 0 N–H and O–H groups in total. The van der Waals surface area contributed by atoms with E-state index in [1.54, 1.807) is 0 Å². The minimum Gasteiger partial charge on any atom is -0.381 e. The second-order valence-corrected chi connectivity index (χ2v) is 6.50. The maximum Gasteiger partial charge on any atom is 0.129 e. The second kappa shape index (κ2) is 7.03. The van der Waals surface area contributed by atoms with Crippen LogP contribution in [0.1, 0.15) is 19.8 Å². The summed E-state index contributed by atoms with van der Waals surface area (Å²) in [5, 5.41) is 2.09. The van der Waals surface area contributed by atoms with Crippen LogP contribution in [0.5, 0.6) is 0 Å². The second-order valence-electron chi connectivity index (χ2n) is 5.72. The molecule has 0 radical (unpaired) electrons. The fourth-order valence-corrected chi connectivity index (χ4v) is 3.36. The molecule has 1 unspecified atom stereocenters. The van der Waals surface area contributed by atoms with Crippen LogP contribution < -0.4 is 4.90 Å². The quantitative estimate of drug-likeness (QED) is 0.800. The molecule has 22 heavy (non-hydrogen) atoms. The van der Waals surface area contributed by atoms with Crippen LogP contribution in [0.4, 0.5) is 5.82 Å². The normalized spacial score (nSPS) is 18.9. The number of anilines is 1. The Hall–Kier alpha value is -1.03. The number of ether oxygens (including phenoxy) is 1. The van der Waals surface area contributed by atoms with Crippen LogP contribution in [0.25, 0.3) is 10.9 Å². The first-order chi connectivity index (χ1) is 10.7. The van der Waals surface area contributed by atoms with Crippen molar-refractivity contribution in [3.05, 3.63) is 34.3 Å². The fourth-order valence-electron chi connectivity index (χ4n) is 2.99. The first kappa shape index (κ1) is 15.9. The summed E-state index contributed by atoms with van der Waals surface area (Å²) in [5.41, 5.74) is 0.776. The Bertz CT molecular complexity index is 662. The SMILES string of the molecule is CCOCC1CCCN(c2ccc3ccc(Cl)c(Cl)c3n2)C1. The number of hydrogen-bond acceptors (Lipinski definition) is 3. The summed E-state index contributed by atoms with van der Waals surface area (Å²) in [6, 6.07) is 7.89. The third kappa shape index (κ3) is 3.32. The zero-order chi connectivity index (χ0) is 15.5. The van der Waals surface area contributed by atoms with Gasteiger partial charge in [-0.3, -0.25) is 0 Å². The maximum atomic E-state index is 6.30. The summed E-state index contributed by atoms with van der Waals surface area (Å²) in [4.78, 5) is 7.07. The molecule has 3 nitrogen and oxygen atoms in total. The highest BCUT2D eigenvalue weighted by Crippen LogP contribution is 2.31. The molecular formula is C17H20Cl2N2O. The molecule has 1 aromatic carbocycles. The third-order valence-corrected chi connectivity index (χ3v) is 4.93. The number of hydrogen-bond donors (Lipinski definition) is 0. The molecule has 1 aromatic heterocycles. The number of rotatable bonds is 4. The summed E-state index contributed by atoms with van der Waals surface area (Å²) in [5.74, 6) is 1.54. The highest BCUT2D eigenvalue weighted by Gasteiger charge is 2.21. The minimum atomic E-state index is 0.531. The number of benzene rings is 1. The Balaban J connectivity index is 1.84. The van der Waals surface area contributed by atoms with Gasteiger partial charge in [0.2, 0.25) is 0 Å². The smallest absolute Gasteiger partial charge is 0.129 e. The van der Waals surface area contributed by atoms with Crippen LogP contribution in [0.15, 0.2) is 24.3 Å². The molecule has 0 bridgehead atoms. The number of fused-ring (bicyclic) bond motifs is 1. The molecule has 118 valence electrons. The van der Waals surface area contributed by atoms with E-state index in [1.165, 1.54) is 12.8 Å². The molecule has 3 rings (SSSR count). The van der Waals surface area contributed by atoms with Gasteiger partial charge >= 0.3 is 0 Å². The minimum absolute atomic E-state index is 0.531. The standard InChI is InChI=1S/C17H20Cl2N2O/c1-2-22-11-12-4-3-9-21(10-12)15-8-6-13-5-7-14(18)16(19)17(13)20-15/h5-8,12H,2-4,9-11H2,1H3. The molecule has 1 aliphatic heterocycles. The summed E-state index contributed by atoms with van der Waals surface area (Å²) >= 11 is 12.4. The highest BCUT2D eigenvalue weighted by molar-refractivity contribution is 6.45. The van der Waals surface area contributed by atoms with E-state index in [-0.39, 0.29) is 0 Å². The summed E-state index contributed by atoms with van der Waals surface area (Å²) in [6.07, 6.45) is 2.39. The van der Waals surface area contributed by atoms with Crippen molar-refractivity contribution in [1.82, 2.24) is 4.98 Å². The molecule has 0 spiro atoms. The van der Waals surface area contributed by atoms with Crippen molar-refractivity contribution < 1.29 is 4.74 Å². The maximum absolute atomic E-state index is 6.30. The van der Waals surface area contributed by atoms with Crippen molar-refractivity contribution >= 4 is 39.9 Å². The van der Waals surface area contributed by atoms with Crippen LogP contribution in [-0.2, 0) is 4.74 Å². The van der Waals surface area contributed by atoms with Crippen LogP contribution >= 0.6 is 23.2 Å². The monoisotopic (exact) mass is 338 g/mol. The molecule has 5 heteroatoms. The number of halogens is 2. The third-order valence-electron chi connectivity index (χ3n) is 4.14. The first-order valence-electron chi connectivity index (χ1n) is 7.76. The fraction of sp³-hybridized carbons (Fsp3) is 0.471. The van der Waals surface area contributed by atoms with Gasteiger partial charge in [0.1, 0.15) is 5.82 Å². The molecule has 1 atom stereocenters. The van der Waals surface area contributed by atoms with Gasteiger partial charge in [0.15, 0.2) is 0 Å². The van der Waals surface area contributed by atoms with Gasteiger partial charge in [-0.1, -0.05) is 29.3 Å². The van der Waals surface area contributed by atoms with E-state index >= 15 is 0 Å². The largest absolute Gasteiger partial charge is 0.381 e. The van der Waals surface area contributed by atoms with Gasteiger partial charge in [-0.05, 0) is 43.9 Å². The Morgan fingerprint density at radius 1 is 1.27 bits per heavy atom. The van der Waals surface area contributed by atoms with E-state index in [0.717, 1.165) is 43.0 Å². The Kier molecular flexibility index (Phi) is 5.07. The Morgan fingerprint density at radius 2 is 2.09 bits per heavy atom. The average Bonchev–Trinajstić information content (AvgIpc) is 2.56. The van der Waals surface area contributed by atoms with Crippen LogP contribution in [0.3, 0.4) is 0 Å². The summed E-state index contributed by atoms with van der Waals surface area (Å²) in [7, 11) is 0. The van der Waals surface area contributed by atoms with Gasteiger partial charge in [0.25, 0.3) is 0 Å². The number of pyridine rings is 1. The summed E-state index contributed by atoms with van der Waals surface area (Å²) in [6.45, 7) is 5.65. The lowest BCUT2D eigenvalue weighted by Crippen LogP contribution is -2.37. The lowest BCUT2D eigenvalue weighted by Gasteiger charge is -2.33. The molecule has 0 aliphatic carbocycles. The van der Waals surface area contributed by atoms with Crippen LogP contribution in [0, 0.1) is 5.92 Å². The summed E-state index contributed by atoms with van der Waals surface area (Å²) < 4.78 is 5.58.